The summed E-state index contributed by atoms with van der Waals surface area (Å²) in [6.07, 6.45) is 11.2. The number of aryl methyl sites for hydroxylation is 1. The van der Waals surface area contributed by atoms with Crippen LogP contribution in [0.4, 0.5) is 0 Å². The fourth-order valence-electron chi connectivity index (χ4n) is 3.03. The molecule has 106 valence electrons. The molecule has 0 atom stereocenters. The van der Waals surface area contributed by atoms with Crippen molar-refractivity contribution >= 4 is 0 Å². The van der Waals surface area contributed by atoms with E-state index in [1.54, 1.807) is 0 Å². The van der Waals surface area contributed by atoms with Crippen LogP contribution < -0.4 is 5.32 Å². The summed E-state index contributed by atoms with van der Waals surface area (Å²) >= 11 is 0. The third-order valence-corrected chi connectivity index (χ3v) is 4.15. The highest BCUT2D eigenvalue weighted by atomic mass is 16.7. The summed E-state index contributed by atoms with van der Waals surface area (Å²) in [7, 11) is 0. The second-order valence-corrected chi connectivity index (χ2v) is 5.49. The lowest BCUT2D eigenvalue weighted by atomic mass is 9.90. The van der Waals surface area contributed by atoms with Crippen molar-refractivity contribution in [2.75, 3.05) is 19.8 Å². The molecule has 19 heavy (non-hydrogen) atoms. The molecule has 1 aromatic rings. The number of rotatable bonds is 5. The predicted octanol–water partition coefficient (Wildman–Crippen LogP) is 1.55. The van der Waals surface area contributed by atoms with E-state index in [0.717, 1.165) is 58.4 Å². The highest BCUT2D eigenvalue weighted by molar-refractivity contribution is 4.85. The van der Waals surface area contributed by atoms with Crippen LogP contribution in [0.3, 0.4) is 0 Å². The molecule has 0 aromatic carbocycles. The zero-order valence-corrected chi connectivity index (χ0v) is 11.4. The summed E-state index contributed by atoms with van der Waals surface area (Å²) in [6.45, 7) is 3.64. The van der Waals surface area contributed by atoms with E-state index >= 15 is 0 Å². The van der Waals surface area contributed by atoms with Gasteiger partial charge in [-0.3, -0.25) is 0 Å². The summed E-state index contributed by atoms with van der Waals surface area (Å²) in [5, 5.41) is 3.65. The summed E-state index contributed by atoms with van der Waals surface area (Å²) in [6, 6.07) is 0.626. The molecular weight excluding hydrogens is 242 g/mol. The van der Waals surface area contributed by atoms with E-state index in [-0.39, 0.29) is 5.79 Å². The van der Waals surface area contributed by atoms with Gasteiger partial charge in [0.15, 0.2) is 5.79 Å². The van der Waals surface area contributed by atoms with Crippen molar-refractivity contribution in [1.82, 2.24) is 14.9 Å². The summed E-state index contributed by atoms with van der Waals surface area (Å²) in [5.41, 5.74) is 0. The van der Waals surface area contributed by atoms with E-state index in [0.29, 0.717) is 6.04 Å². The van der Waals surface area contributed by atoms with Crippen molar-refractivity contribution in [1.29, 1.82) is 0 Å². The average molecular weight is 265 g/mol. The molecule has 2 heterocycles. The second-order valence-electron chi connectivity index (χ2n) is 5.49. The van der Waals surface area contributed by atoms with E-state index in [4.69, 9.17) is 9.47 Å². The van der Waals surface area contributed by atoms with Gasteiger partial charge in [-0.25, -0.2) is 4.98 Å². The van der Waals surface area contributed by atoms with Crippen LogP contribution in [0.5, 0.6) is 0 Å². The van der Waals surface area contributed by atoms with Gasteiger partial charge in [-0.05, 0) is 25.8 Å². The first-order chi connectivity index (χ1) is 9.36. The van der Waals surface area contributed by atoms with E-state index in [1.807, 2.05) is 18.7 Å². The summed E-state index contributed by atoms with van der Waals surface area (Å²) in [5.74, 6) is -0.227. The van der Waals surface area contributed by atoms with Crippen LogP contribution in [-0.2, 0) is 16.0 Å². The van der Waals surface area contributed by atoms with Gasteiger partial charge in [-0.15, -0.1) is 0 Å². The van der Waals surface area contributed by atoms with Gasteiger partial charge in [-0.1, -0.05) is 0 Å². The topological polar surface area (TPSA) is 48.3 Å². The molecule has 1 aliphatic carbocycles. The maximum absolute atomic E-state index is 5.74. The number of nitrogens with one attached hydrogen (secondary N) is 1. The van der Waals surface area contributed by atoms with Crippen LogP contribution in [0.25, 0.3) is 0 Å². The van der Waals surface area contributed by atoms with Gasteiger partial charge in [0.25, 0.3) is 0 Å². The monoisotopic (exact) mass is 265 g/mol. The Bertz CT molecular complexity index is 364. The van der Waals surface area contributed by atoms with Gasteiger partial charge >= 0.3 is 0 Å². The third kappa shape index (κ3) is 3.35. The van der Waals surface area contributed by atoms with E-state index in [2.05, 4.69) is 14.9 Å². The third-order valence-electron chi connectivity index (χ3n) is 4.15. The number of hydrogen-bond acceptors (Lipinski definition) is 4. The van der Waals surface area contributed by atoms with E-state index in [9.17, 15) is 0 Å². The molecule has 0 radical (unpaired) electrons. The van der Waals surface area contributed by atoms with Crippen molar-refractivity contribution < 1.29 is 9.47 Å². The maximum Gasteiger partial charge on any atom is 0.168 e. The number of imidazole rings is 1. The van der Waals surface area contributed by atoms with Crippen molar-refractivity contribution in [3.05, 3.63) is 18.7 Å². The zero-order chi connectivity index (χ0) is 13.0. The molecule has 1 aromatic heterocycles. The fourth-order valence-corrected chi connectivity index (χ4v) is 3.03. The van der Waals surface area contributed by atoms with Crippen molar-refractivity contribution in [2.24, 2.45) is 0 Å². The Labute approximate surface area is 114 Å². The first-order valence-electron chi connectivity index (χ1n) is 7.33. The lowest BCUT2D eigenvalue weighted by molar-refractivity contribution is -0.179. The van der Waals surface area contributed by atoms with Crippen LogP contribution >= 0.6 is 0 Å². The van der Waals surface area contributed by atoms with Crippen molar-refractivity contribution in [3.63, 3.8) is 0 Å². The van der Waals surface area contributed by atoms with Gasteiger partial charge in [0, 0.05) is 37.8 Å². The van der Waals surface area contributed by atoms with Crippen LogP contribution in [-0.4, -0.2) is 41.1 Å². The van der Waals surface area contributed by atoms with Gasteiger partial charge < -0.3 is 19.4 Å². The van der Waals surface area contributed by atoms with Gasteiger partial charge in [-0.2, -0.15) is 0 Å². The molecule has 5 heteroatoms. The van der Waals surface area contributed by atoms with Gasteiger partial charge in [0.1, 0.15) is 0 Å². The predicted molar refractivity (Wildman–Crippen MR) is 71.7 cm³/mol. The van der Waals surface area contributed by atoms with Crippen molar-refractivity contribution in [2.45, 2.75) is 50.5 Å². The molecule has 3 rings (SSSR count). The molecule has 1 saturated heterocycles. The average Bonchev–Trinajstić information content (AvgIpc) is 3.09. The molecule has 1 aliphatic heterocycles. The Hall–Kier alpha value is -0.910. The van der Waals surface area contributed by atoms with Crippen LogP contribution in [0.15, 0.2) is 18.7 Å². The Kier molecular flexibility index (Phi) is 4.15. The normalized spacial score (nSPS) is 23.2. The molecule has 0 amide bonds. The Balaban J connectivity index is 1.31. The Morgan fingerprint density at radius 2 is 2.05 bits per heavy atom. The second kappa shape index (κ2) is 6.03. The highest BCUT2D eigenvalue weighted by Crippen LogP contribution is 2.35. The van der Waals surface area contributed by atoms with E-state index < -0.39 is 0 Å². The van der Waals surface area contributed by atoms with Crippen LogP contribution in [0, 0.1) is 0 Å². The minimum absolute atomic E-state index is 0.227. The lowest BCUT2D eigenvalue weighted by Crippen LogP contribution is -2.42. The van der Waals surface area contributed by atoms with Crippen LogP contribution in [0.2, 0.25) is 0 Å². The first-order valence-corrected chi connectivity index (χ1v) is 7.33. The van der Waals surface area contributed by atoms with Gasteiger partial charge in [0.2, 0.25) is 0 Å². The quantitative estimate of drug-likeness (QED) is 0.821. The van der Waals surface area contributed by atoms with Crippen LogP contribution in [0.1, 0.15) is 32.1 Å². The number of hydrogen-bond donors (Lipinski definition) is 1. The van der Waals surface area contributed by atoms with Crippen molar-refractivity contribution in [3.8, 4) is 0 Å². The minimum Gasteiger partial charge on any atom is -0.348 e. The molecule has 5 nitrogen and oxygen atoms in total. The number of ether oxygens (including phenoxy) is 2. The van der Waals surface area contributed by atoms with E-state index in [1.165, 1.54) is 0 Å². The largest absolute Gasteiger partial charge is 0.348 e. The molecular formula is C14H23N3O2. The fraction of sp³-hybridized carbons (Fsp3) is 0.786. The summed E-state index contributed by atoms with van der Waals surface area (Å²) in [4.78, 5) is 4.05. The lowest BCUT2D eigenvalue weighted by Gasteiger charge is -2.35. The Morgan fingerprint density at radius 3 is 2.74 bits per heavy atom. The molecule has 1 N–H and O–H groups in total. The molecule has 0 bridgehead atoms. The Morgan fingerprint density at radius 1 is 1.26 bits per heavy atom. The summed E-state index contributed by atoms with van der Waals surface area (Å²) < 4.78 is 13.6. The molecule has 0 unspecified atom stereocenters. The molecule has 1 saturated carbocycles. The van der Waals surface area contributed by atoms with Gasteiger partial charge in [0.05, 0.1) is 19.5 Å². The SMILES string of the molecule is c1cn(CCCNC2CCC3(CC2)OCCO3)cn1. The standard InChI is InChI=1S/C14H23N3O2/c1(8-17-9-7-15-12-17)6-16-13-2-4-14(5-3-13)18-10-11-19-14/h7,9,12-13,16H,1-6,8,10-11H2. The smallest absolute Gasteiger partial charge is 0.168 e. The zero-order valence-electron chi connectivity index (χ0n) is 11.4. The first kappa shape index (κ1) is 13.1. The molecule has 2 aliphatic rings. The number of aromatic nitrogens is 2. The molecule has 1 spiro atoms. The minimum atomic E-state index is -0.227. The highest BCUT2D eigenvalue weighted by Gasteiger charge is 2.39. The maximum atomic E-state index is 5.74. The molecule has 2 fully saturated rings. The number of nitrogens with zero attached hydrogens (tertiary/aromatic N) is 2.